The molecule has 0 N–H and O–H groups in total. The standard InChI is InChI=1S/C20H32O/c1-18-9-4-10-20(18,3)17-6-5-14-13-15(21)7-12-19(14,2)16(17)8-11-18/h14,16-17H,4-13H2,1-3H3/t14-,16-,17+,18-,19-,20-/m0/s1. The lowest BCUT2D eigenvalue weighted by atomic mass is 9.41. The van der Waals surface area contributed by atoms with Crippen LogP contribution in [0.5, 0.6) is 0 Å². The number of Topliss-reactive ketones (excluding diaryl/α,β-unsaturated/α-hetero) is 1. The molecular weight excluding hydrogens is 256 g/mol. The number of fused-ring (bicyclic) bond motifs is 5. The largest absolute Gasteiger partial charge is 0.300 e. The quantitative estimate of drug-likeness (QED) is 0.585. The molecule has 0 bridgehead atoms. The first-order valence-electron chi connectivity index (χ1n) is 9.41. The van der Waals surface area contributed by atoms with E-state index in [4.69, 9.17) is 0 Å². The molecule has 0 heterocycles. The predicted molar refractivity (Wildman–Crippen MR) is 86.0 cm³/mol. The normalized spacial score (nSPS) is 56.5. The molecule has 6 atom stereocenters. The molecule has 1 heteroatoms. The van der Waals surface area contributed by atoms with Crippen molar-refractivity contribution in [3.63, 3.8) is 0 Å². The van der Waals surface area contributed by atoms with Gasteiger partial charge >= 0.3 is 0 Å². The van der Waals surface area contributed by atoms with Crippen LogP contribution in [-0.2, 0) is 4.79 Å². The van der Waals surface area contributed by atoms with Crippen LogP contribution in [0.2, 0.25) is 0 Å². The van der Waals surface area contributed by atoms with Gasteiger partial charge in [0.1, 0.15) is 5.78 Å². The zero-order valence-corrected chi connectivity index (χ0v) is 14.2. The lowest BCUT2D eigenvalue weighted by molar-refractivity contribution is -0.153. The summed E-state index contributed by atoms with van der Waals surface area (Å²) >= 11 is 0. The summed E-state index contributed by atoms with van der Waals surface area (Å²) in [7, 11) is 0. The second-order valence-electron chi connectivity index (χ2n) is 9.61. The van der Waals surface area contributed by atoms with E-state index in [2.05, 4.69) is 20.8 Å². The van der Waals surface area contributed by atoms with Gasteiger partial charge in [0.15, 0.2) is 0 Å². The fourth-order valence-corrected chi connectivity index (χ4v) is 7.43. The van der Waals surface area contributed by atoms with Crippen molar-refractivity contribution in [3.05, 3.63) is 0 Å². The SMILES string of the molecule is C[C@]12CCC(=O)C[C@@H]1CC[C@@H]1[C@@H]2CC[C@]2(C)CCC[C@@]12C. The summed E-state index contributed by atoms with van der Waals surface area (Å²) in [4.78, 5) is 11.9. The van der Waals surface area contributed by atoms with Crippen LogP contribution in [0.15, 0.2) is 0 Å². The first kappa shape index (κ1) is 14.3. The molecular formula is C20H32O. The van der Waals surface area contributed by atoms with Crippen molar-refractivity contribution in [2.75, 3.05) is 0 Å². The van der Waals surface area contributed by atoms with E-state index < -0.39 is 0 Å². The number of rotatable bonds is 0. The predicted octanol–water partition coefficient (Wildman–Crippen LogP) is 5.38. The van der Waals surface area contributed by atoms with E-state index in [-0.39, 0.29) is 0 Å². The van der Waals surface area contributed by atoms with Gasteiger partial charge in [-0.3, -0.25) is 4.79 Å². The molecule has 0 radical (unpaired) electrons. The van der Waals surface area contributed by atoms with E-state index in [0.717, 1.165) is 24.7 Å². The van der Waals surface area contributed by atoms with Crippen LogP contribution in [0, 0.1) is 34.0 Å². The Balaban J connectivity index is 1.69. The lowest BCUT2D eigenvalue weighted by Crippen LogP contribution is -2.56. The first-order chi connectivity index (χ1) is 9.89. The van der Waals surface area contributed by atoms with Crippen molar-refractivity contribution in [2.24, 2.45) is 34.0 Å². The van der Waals surface area contributed by atoms with Crippen LogP contribution >= 0.6 is 0 Å². The van der Waals surface area contributed by atoms with Crippen molar-refractivity contribution >= 4 is 5.78 Å². The molecule has 4 aliphatic rings. The van der Waals surface area contributed by atoms with Gasteiger partial charge in [-0.1, -0.05) is 27.2 Å². The summed E-state index contributed by atoms with van der Waals surface area (Å²) in [5.41, 5.74) is 1.68. The summed E-state index contributed by atoms with van der Waals surface area (Å²) < 4.78 is 0. The molecule has 4 saturated carbocycles. The molecule has 0 aromatic rings. The van der Waals surface area contributed by atoms with Gasteiger partial charge in [-0.05, 0) is 78.9 Å². The molecule has 0 unspecified atom stereocenters. The molecule has 0 saturated heterocycles. The van der Waals surface area contributed by atoms with Gasteiger partial charge in [-0.2, -0.15) is 0 Å². The maximum absolute atomic E-state index is 11.9. The van der Waals surface area contributed by atoms with Crippen LogP contribution in [0.1, 0.15) is 85.0 Å². The van der Waals surface area contributed by atoms with Crippen LogP contribution in [0.4, 0.5) is 0 Å². The van der Waals surface area contributed by atoms with E-state index in [1.165, 1.54) is 51.4 Å². The molecule has 1 nitrogen and oxygen atoms in total. The highest BCUT2D eigenvalue weighted by Gasteiger charge is 2.62. The third kappa shape index (κ3) is 1.72. The maximum atomic E-state index is 11.9. The molecule has 0 aliphatic heterocycles. The minimum atomic E-state index is 0.476. The number of carbonyl (C=O) groups excluding carboxylic acids is 1. The van der Waals surface area contributed by atoms with E-state index in [9.17, 15) is 4.79 Å². The molecule has 4 rings (SSSR count). The van der Waals surface area contributed by atoms with Crippen LogP contribution in [0.3, 0.4) is 0 Å². The summed E-state index contributed by atoms with van der Waals surface area (Å²) in [6, 6.07) is 0. The van der Waals surface area contributed by atoms with Crippen molar-refractivity contribution < 1.29 is 4.79 Å². The number of hydrogen-bond acceptors (Lipinski definition) is 1. The van der Waals surface area contributed by atoms with E-state index >= 15 is 0 Å². The molecule has 4 fully saturated rings. The van der Waals surface area contributed by atoms with Gasteiger partial charge in [0.05, 0.1) is 0 Å². The summed E-state index contributed by atoms with van der Waals surface area (Å²) in [6.07, 6.45) is 12.9. The average Bonchev–Trinajstić information content (AvgIpc) is 2.75. The molecule has 0 aromatic carbocycles. The lowest BCUT2D eigenvalue weighted by Gasteiger charge is -2.63. The molecule has 118 valence electrons. The molecule has 0 spiro atoms. The second-order valence-corrected chi connectivity index (χ2v) is 9.61. The summed E-state index contributed by atoms with van der Waals surface area (Å²) in [6.45, 7) is 7.78. The highest BCUT2D eigenvalue weighted by molar-refractivity contribution is 5.79. The first-order valence-corrected chi connectivity index (χ1v) is 9.41. The highest BCUT2D eigenvalue weighted by atomic mass is 16.1. The van der Waals surface area contributed by atoms with E-state index in [1.807, 2.05) is 0 Å². The Morgan fingerprint density at radius 1 is 0.905 bits per heavy atom. The summed E-state index contributed by atoms with van der Waals surface area (Å²) in [5.74, 6) is 3.09. The van der Waals surface area contributed by atoms with Crippen LogP contribution in [0.25, 0.3) is 0 Å². The topological polar surface area (TPSA) is 17.1 Å². The fraction of sp³-hybridized carbons (Fsp3) is 0.950. The summed E-state index contributed by atoms with van der Waals surface area (Å²) in [5, 5.41) is 0. The third-order valence-electron chi connectivity index (χ3n) is 9.14. The maximum Gasteiger partial charge on any atom is 0.133 e. The van der Waals surface area contributed by atoms with Gasteiger partial charge in [-0.15, -0.1) is 0 Å². The Bertz CT molecular complexity index is 468. The van der Waals surface area contributed by atoms with E-state index in [1.54, 1.807) is 0 Å². The third-order valence-corrected chi connectivity index (χ3v) is 9.14. The fourth-order valence-electron chi connectivity index (χ4n) is 7.43. The Kier molecular flexibility index (Phi) is 2.96. The molecule has 4 aliphatic carbocycles. The molecule has 21 heavy (non-hydrogen) atoms. The smallest absolute Gasteiger partial charge is 0.133 e. The van der Waals surface area contributed by atoms with Crippen LogP contribution < -0.4 is 0 Å². The zero-order chi connectivity index (χ0) is 14.9. The second kappa shape index (κ2) is 4.36. The van der Waals surface area contributed by atoms with Crippen molar-refractivity contribution in [1.29, 1.82) is 0 Å². The van der Waals surface area contributed by atoms with Gasteiger partial charge in [0, 0.05) is 12.8 Å². The van der Waals surface area contributed by atoms with Gasteiger partial charge in [-0.25, -0.2) is 0 Å². The van der Waals surface area contributed by atoms with Crippen LogP contribution in [-0.4, -0.2) is 5.78 Å². The number of ketones is 1. The van der Waals surface area contributed by atoms with Crippen molar-refractivity contribution in [3.8, 4) is 0 Å². The van der Waals surface area contributed by atoms with E-state index in [0.29, 0.717) is 27.9 Å². The van der Waals surface area contributed by atoms with Crippen molar-refractivity contribution in [1.82, 2.24) is 0 Å². The minimum absolute atomic E-state index is 0.476. The highest BCUT2D eigenvalue weighted by Crippen LogP contribution is 2.71. The average molecular weight is 288 g/mol. The van der Waals surface area contributed by atoms with Gasteiger partial charge in [0.25, 0.3) is 0 Å². The number of hydrogen-bond donors (Lipinski definition) is 0. The Labute approximate surface area is 130 Å². The van der Waals surface area contributed by atoms with Crippen molar-refractivity contribution in [2.45, 2.75) is 85.0 Å². The monoisotopic (exact) mass is 288 g/mol. The zero-order valence-electron chi connectivity index (χ0n) is 14.2. The Morgan fingerprint density at radius 3 is 2.52 bits per heavy atom. The Morgan fingerprint density at radius 2 is 1.71 bits per heavy atom. The molecule has 0 amide bonds. The van der Waals surface area contributed by atoms with Gasteiger partial charge in [0.2, 0.25) is 0 Å². The molecule has 0 aromatic heterocycles. The van der Waals surface area contributed by atoms with Gasteiger partial charge < -0.3 is 0 Å². The Hall–Kier alpha value is -0.330. The number of carbonyl (C=O) groups is 1. The minimum Gasteiger partial charge on any atom is -0.300 e.